The zero-order valence-corrected chi connectivity index (χ0v) is 15.4. The van der Waals surface area contributed by atoms with Crippen LogP contribution in [-0.2, 0) is 11.3 Å². The Morgan fingerprint density at radius 1 is 1.23 bits per heavy atom. The molecule has 2 N–H and O–H groups in total. The Bertz CT molecular complexity index is 819. The molecule has 1 heterocycles. The molecular formula is C20H25NO5. The molecule has 0 fully saturated rings. The Labute approximate surface area is 152 Å². The molecule has 0 amide bonds. The van der Waals surface area contributed by atoms with Crippen LogP contribution in [-0.4, -0.2) is 40.1 Å². The number of carboxylic acid groups (broad SMARTS) is 1. The summed E-state index contributed by atoms with van der Waals surface area (Å²) < 4.78 is 7.29. The van der Waals surface area contributed by atoms with Gasteiger partial charge in [0.2, 0.25) is 5.43 Å². The van der Waals surface area contributed by atoms with Crippen LogP contribution >= 0.6 is 0 Å². The van der Waals surface area contributed by atoms with Crippen molar-refractivity contribution < 1.29 is 19.7 Å². The van der Waals surface area contributed by atoms with Crippen LogP contribution in [0, 0.1) is 6.92 Å². The first kappa shape index (κ1) is 19.9. The third-order valence-corrected chi connectivity index (χ3v) is 4.79. The van der Waals surface area contributed by atoms with E-state index in [9.17, 15) is 19.8 Å². The van der Waals surface area contributed by atoms with Crippen LogP contribution in [0.3, 0.4) is 0 Å². The third-order valence-electron chi connectivity index (χ3n) is 4.79. The highest BCUT2D eigenvalue weighted by Crippen LogP contribution is 2.24. The van der Waals surface area contributed by atoms with E-state index in [0.717, 1.165) is 5.56 Å². The van der Waals surface area contributed by atoms with E-state index in [1.165, 1.54) is 6.20 Å². The lowest BCUT2D eigenvalue weighted by Gasteiger charge is -2.32. The number of aromatic carboxylic acids is 1. The monoisotopic (exact) mass is 359 g/mol. The summed E-state index contributed by atoms with van der Waals surface area (Å²) in [4.78, 5) is 24.2. The average Bonchev–Trinajstić information content (AvgIpc) is 2.63. The van der Waals surface area contributed by atoms with Gasteiger partial charge in [0, 0.05) is 38.1 Å². The van der Waals surface area contributed by atoms with E-state index < -0.39 is 17.0 Å². The molecule has 1 aromatic carbocycles. The number of aliphatic hydroxyl groups is 1. The number of ether oxygens (including phenoxy) is 1. The van der Waals surface area contributed by atoms with Crippen molar-refractivity contribution in [1.82, 2.24) is 4.57 Å². The minimum atomic E-state index is -1.26. The van der Waals surface area contributed by atoms with Crippen LogP contribution in [0.2, 0.25) is 0 Å². The number of rotatable bonds is 8. The van der Waals surface area contributed by atoms with Gasteiger partial charge in [-0.1, -0.05) is 36.8 Å². The molecule has 2 aromatic rings. The van der Waals surface area contributed by atoms with Gasteiger partial charge in [-0.05, 0) is 18.9 Å². The number of pyridine rings is 1. The average molecular weight is 359 g/mol. The molecular weight excluding hydrogens is 334 g/mol. The third kappa shape index (κ3) is 4.20. The molecule has 1 aromatic heterocycles. The number of hydrogen-bond donors (Lipinski definition) is 2. The van der Waals surface area contributed by atoms with Gasteiger partial charge in [0.05, 0.1) is 12.1 Å². The predicted molar refractivity (Wildman–Crippen MR) is 99.6 cm³/mol. The van der Waals surface area contributed by atoms with Gasteiger partial charge in [-0.15, -0.1) is 0 Å². The van der Waals surface area contributed by atoms with Crippen molar-refractivity contribution in [3.05, 3.63) is 58.0 Å². The van der Waals surface area contributed by atoms with Crippen LogP contribution in [0.15, 0.2) is 41.5 Å². The highest BCUT2D eigenvalue weighted by molar-refractivity contribution is 5.88. The largest absolute Gasteiger partial charge is 0.477 e. The summed E-state index contributed by atoms with van der Waals surface area (Å²) in [6.07, 6.45) is 4.04. The van der Waals surface area contributed by atoms with Gasteiger partial charge in [0.25, 0.3) is 0 Å². The molecule has 0 radical (unpaired) electrons. The van der Waals surface area contributed by atoms with Crippen molar-refractivity contribution >= 4 is 5.97 Å². The van der Waals surface area contributed by atoms with Crippen molar-refractivity contribution in [2.75, 3.05) is 13.7 Å². The van der Waals surface area contributed by atoms with Gasteiger partial charge in [-0.25, -0.2) is 4.79 Å². The number of benzene rings is 1. The molecule has 140 valence electrons. The molecule has 26 heavy (non-hydrogen) atoms. The molecule has 0 aliphatic carbocycles. The van der Waals surface area contributed by atoms with Gasteiger partial charge >= 0.3 is 5.97 Å². The van der Waals surface area contributed by atoms with Gasteiger partial charge in [-0.2, -0.15) is 0 Å². The van der Waals surface area contributed by atoms with E-state index in [-0.39, 0.29) is 12.2 Å². The van der Waals surface area contributed by atoms with Gasteiger partial charge in [0.15, 0.2) is 0 Å². The Hall–Kier alpha value is -2.44. The second-order valence-corrected chi connectivity index (χ2v) is 6.47. The molecule has 2 rings (SSSR count). The lowest BCUT2D eigenvalue weighted by Crippen LogP contribution is -2.37. The van der Waals surface area contributed by atoms with Crippen LogP contribution in [0.1, 0.15) is 35.7 Å². The predicted octanol–water partition coefficient (Wildman–Crippen LogP) is 2.70. The lowest BCUT2D eigenvalue weighted by atomic mass is 9.95. The van der Waals surface area contributed by atoms with Crippen molar-refractivity contribution in [3.63, 3.8) is 0 Å². The second kappa shape index (κ2) is 8.29. The molecule has 0 saturated carbocycles. The fourth-order valence-electron chi connectivity index (χ4n) is 3.03. The summed E-state index contributed by atoms with van der Waals surface area (Å²) in [6, 6.07) is 7.37. The number of aliphatic hydroxyl groups excluding tert-OH is 1. The van der Waals surface area contributed by atoms with Crippen molar-refractivity contribution in [2.45, 2.75) is 38.8 Å². The fourth-order valence-corrected chi connectivity index (χ4v) is 3.03. The van der Waals surface area contributed by atoms with E-state index in [1.54, 1.807) is 30.0 Å². The number of nitrogens with zero attached hydrogens (tertiary/aromatic N) is 1. The van der Waals surface area contributed by atoms with Crippen molar-refractivity contribution in [2.24, 2.45) is 0 Å². The fraction of sp³-hybridized carbons (Fsp3) is 0.400. The van der Waals surface area contributed by atoms with E-state index >= 15 is 0 Å². The smallest absolute Gasteiger partial charge is 0.341 e. The summed E-state index contributed by atoms with van der Waals surface area (Å²) in [6.45, 7) is 4.18. The molecule has 0 saturated heterocycles. The number of hydrogen-bond acceptors (Lipinski definition) is 4. The normalized spacial score (nSPS) is 13.4. The van der Waals surface area contributed by atoms with Gasteiger partial charge in [-0.3, -0.25) is 4.79 Å². The number of aromatic nitrogens is 1. The first-order valence-electron chi connectivity index (χ1n) is 8.56. The van der Waals surface area contributed by atoms with Crippen molar-refractivity contribution in [1.29, 1.82) is 0 Å². The Kier molecular flexibility index (Phi) is 6.34. The van der Waals surface area contributed by atoms with E-state index in [2.05, 4.69) is 0 Å². The Morgan fingerprint density at radius 2 is 1.88 bits per heavy atom. The minimum Gasteiger partial charge on any atom is -0.477 e. The Balaban J connectivity index is 2.59. The highest BCUT2D eigenvalue weighted by Gasteiger charge is 2.28. The Morgan fingerprint density at radius 3 is 2.38 bits per heavy atom. The maximum Gasteiger partial charge on any atom is 0.341 e. The van der Waals surface area contributed by atoms with Crippen LogP contribution in [0.4, 0.5) is 0 Å². The summed E-state index contributed by atoms with van der Waals surface area (Å²) in [5.74, 6) is -1.26. The van der Waals surface area contributed by atoms with E-state index in [0.29, 0.717) is 30.5 Å². The summed E-state index contributed by atoms with van der Waals surface area (Å²) >= 11 is 0. The summed E-state index contributed by atoms with van der Waals surface area (Å²) in [5, 5.41) is 18.8. The zero-order valence-electron chi connectivity index (χ0n) is 15.4. The summed E-state index contributed by atoms with van der Waals surface area (Å²) in [7, 11) is 1.57. The highest BCUT2D eigenvalue weighted by atomic mass is 16.5. The molecule has 1 unspecified atom stereocenters. The SMILES string of the molecule is CCC(CCO)(Cn1cc(C(=O)O)c(=O)c(-c2ccc(C)cc2)c1)OC. The van der Waals surface area contributed by atoms with E-state index in [4.69, 9.17) is 4.74 Å². The maximum absolute atomic E-state index is 12.6. The van der Waals surface area contributed by atoms with Gasteiger partial charge in [0.1, 0.15) is 5.56 Å². The van der Waals surface area contributed by atoms with Crippen LogP contribution in [0.5, 0.6) is 0 Å². The van der Waals surface area contributed by atoms with Gasteiger partial charge < -0.3 is 19.5 Å². The lowest BCUT2D eigenvalue weighted by molar-refractivity contribution is -0.0441. The van der Waals surface area contributed by atoms with Crippen molar-refractivity contribution in [3.8, 4) is 11.1 Å². The topological polar surface area (TPSA) is 88.8 Å². The first-order valence-corrected chi connectivity index (χ1v) is 8.56. The first-order chi connectivity index (χ1) is 12.4. The second-order valence-electron chi connectivity index (χ2n) is 6.47. The minimum absolute atomic E-state index is 0.0432. The van der Waals surface area contributed by atoms with Crippen LogP contribution in [0.25, 0.3) is 11.1 Å². The standard InChI is InChI=1S/C20H25NO5/c1-4-20(26-3,9-10-22)13-21-11-16(15-7-5-14(2)6-8-15)18(23)17(12-21)19(24)25/h5-8,11-12,22H,4,9-10,13H2,1-3H3,(H,24,25). The molecule has 0 aliphatic heterocycles. The molecule has 0 spiro atoms. The molecule has 0 bridgehead atoms. The molecule has 0 aliphatic rings. The molecule has 6 heteroatoms. The van der Waals surface area contributed by atoms with Crippen LogP contribution < -0.4 is 5.43 Å². The quantitative estimate of drug-likeness (QED) is 0.756. The zero-order chi connectivity index (χ0) is 19.3. The number of carbonyl (C=O) groups is 1. The number of carboxylic acids is 1. The summed E-state index contributed by atoms with van der Waals surface area (Å²) in [5.41, 5.74) is 0.613. The number of aryl methyl sites for hydroxylation is 1. The number of methoxy groups -OCH3 is 1. The van der Waals surface area contributed by atoms with E-state index in [1.807, 2.05) is 26.0 Å². The molecule has 1 atom stereocenters. The molecule has 6 nitrogen and oxygen atoms in total. The maximum atomic E-state index is 12.6.